The SMILES string of the molecule is CCCCCOc1ccc(N2C(=O)c3ccccc3N[C@@H]2c2ccc(Cl)cc2)cc1. The molecule has 1 aliphatic heterocycles. The van der Waals surface area contributed by atoms with Crippen molar-refractivity contribution in [2.45, 2.75) is 32.4 Å². The highest BCUT2D eigenvalue weighted by Gasteiger charge is 2.33. The van der Waals surface area contributed by atoms with Crippen LogP contribution in [0.2, 0.25) is 5.02 Å². The molecule has 1 amide bonds. The number of nitrogens with zero attached hydrogens (tertiary/aromatic N) is 1. The van der Waals surface area contributed by atoms with E-state index in [-0.39, 0.29) is 12.1 Å². The van der Waals surface area contributed by atoms with Crippen LogP contribution in [0, 0.1) is 0 Å². The minimum atomic E-state index is -0.332. The van der Waals surface area contributed by atoms with E-state index < -0.39 is 0 Å². The Kier molecular flexibility index (Phi) is 6.24. The molecule has 154 valence electrons. The summed E-state index contributed by atoms with van der Waals surface area (Å²) in [5.41, 5.74) is 3.25. The van der Waals surface area contributed by atoms with Gasteiger partial charge in [0.05, 0.1) is 12.2 Å². The molecule has 4 rings (SSSR count). The largest absolute Gasteiger partial charge is 0.494 e. The number of para-hydroxylation sites is 1. The number of carbonyl (C=O) groups excluding carboxylic acids is 1. The summed E-state index contributed by atoms with van der Waals surface area (Å²) in [5, 5.41) is 4.17. The maximum atomic E-state index is 13.4. The molecule has 0 unspecified atom stereocenters. The van der Waals surface area contributed by atoms with Crippen molar-refractivity contribution in [1.82, 2.24) is 0 Å². The Balaban J connectivity index is 1.64. The van der Waals surface area contributed by atoms with E-state index in [9.17, 15) is 4.79 Å². The molecule has 3 aromatic rings. The number of benzene rings is 3. The molecule has 1 heterocycles. The van der Waals surface area contributed by atoms with Crippen LogP contribution >= 0.6 is 11.6 Å². The molecule has 1 N–H and O–H groups in total. The number of fused-ring (bicyclic) bond motifs is 1. The zero-order valence-electron chi connectivity index (χ0n) is 17.0. The van der Waals surface area contributed by atoms with E-state index in [1.54, 1.807) is 4.90 Å². The van der Waals surface area contributed by atoms with Crippen molar-refractivity contribution in [3.63, 3.8) is 0 Å². The van der Waals surface area contributed by atoms with E-state index in [1.807, 2.05) is 72.8 Å². The zero-order valence-corrected chi connectivity index (χ0v) is 17.7. The first-order valence-electron chi connectivity index (χ1n) is 10.3. The molecular weight excluding hydrogens is 396 g/mol. The van der Waals surface area contributed by atoms with Crippen molar-refractivity contribution in [3.8, 4) is 5.75 Å². The molecule has 4 nitrogen and oxygen atoms in total. The molecule has 30 heavy (non-hydrogen) atoms. The summed E-state index contributed by atoms with van der Waals surface area (Å²) in [6, 6.07) is 22.9. The molecule has 0 aliphatic carbocycles. The van der Waals surface area contributed by atoms with Gasteiger partial charge in [-0.15, -0.1) is 0 Å². The molecule has 0 fully saturated rings. The van der Waals surface area contributed by atoms with Gasteiger partial charge in [-0.3, -0.25) is 9.69 Å². The van der Waals surface area contributed by atoms with Gasteiger partial charge >= 0.3 is 0 Å². The lowest BCUT2D eigenvalue weighted by molar-refractivity contribution is 0.0975. The van der Waals surface area contributed by atoms with Crippen LogP contribution in [-0.2, 0) is 0 Å². The molecule has 3 aromatic carbocycles. The molecular formula is C25H25ClN2O2. The van der Waals surface area contributed by atoms with E-state index >= 15 is 0 Å². The fourth-order valence-electron chi connectivity index (χ4n) is 3.64. The van der Waals surface area contributed by atoms with Crippen molar-refractivity contribution >= 4 is 28.9 Å². The summed E-state index contributed by atoms with van der Waals surface area (Å²) < 4.78 is 5.82. The van der Waals surface area contributed by atoms with E-state index in [1.165, 1.54) is 6.42 Å². The van der Waals surface area contributed by atoms with Crippen molar-refractivity contribution in [2.24, 2.45) is 0 Å². The Labute approximate surface area is 182 Å². The maximum Gasteiger partial charge on any atom is 0.262 e. The second-order valence-corrected chi connectivity index (χ2v) is 7.81. The number of halogens is 1. The maximum absolute atomic E-state index is 13.4. The van der Waals surface area contributed by atoms with Crippen molar-refractivity contribution in [1.29, 1.82) is 0 Å². The first-order valence-corrected chi connectivity index (χ1v) is 10.7. The second kappa shape index (κ2) is 9.23. The van der Waals surface area contributed by atoms with Gasteiger partial charge < -0.3 is 10.1 Å². The van der Waals surface area contributed by atoms with E-state index in [0.29, 0.717) is 17.2 Å². The smallest absolute Gasteiger partial charge is 0.262 e. The first kappa shape index (κ1) is 20.3. The Hall–Kier alpha value is -2.98. The van der Waals surface area contributed by atoms with Gasteiger partial charge in [-0.1, -0.05) is 55.6 Å². The Morgan fingerprint density at radius 1 is 0.967 bits per heavy atom. The molecule has 0 bridgehead atoms. The fraction of sp³-hybridized carbons (Fsp3) is 0.240. The van der Waals surface area contributed by atoms with Gasteiger partial charge in [0.15, 0.2) is 0 Å². The zero-order chi connectivity index (χ0) is 20.9. The molecule has 5 heteroatoms. The number of anilines is 2. The van der Waals surface area contributed by atoms with E-state index in [2.05, 4.69) is 12.2 Å². The molecule has 1 aliphatic rings. The van der Waals surface area contributed by atoms with Crippen molar-refractivity contribution in [3.05, 3.63) is 88.9 Å². The number of hydrogen-bond acceptors (Lipinski definition) is 3. The lowest BCUT2D eigenvalue weighted by Gasteiger charge is -2.38. The molecule has 0 aromatic heterocycles. The fourth-order valence-corrected chi connectivity index (χ4v) is 3.77. The monoisotopic (exact) mass is 420 g/mol. The highest BCUT2D eigenvalue weighted by Crippen LogP contribution is 2.37. The van der Waals surface area contributed by atoms with Gasteiger partial charge in [-0.05, 0) is 60.5 Å². The van der Waals surface area contributed by atoms with Gasteiger partial charge in [0.1, 0.15) is 11.9 Å². The van der Waals surface area contributed by atoms with E-state index in [4.69, 9.17) is 16.3 Å². The van der Waals surface area contributed by atoms with Crippen LogP contribution in [0.3, 0.4) is 0 Å². The van der Waals surface area contributed by atoms with E-state index in [0.717, 1.165) is 35.5 Å². The van der Waals surface area contributed by atoms with Gasteiger partial charge in [0.25, 0.3) is 5.91 Å². The van der Waals surface area contributed by atoms with Gasteiger partial charge in [0.2, 0.25) is 0 Å². The van der Waals surface area contributed by atoms with Crippen LogP contribution in [0.25, 0.3) is 0 Å². The average Bonchev–Trinajstić information content (AvgIpc) is 2.78. The Morgan fingerprint density at radius 2 is 1.70 bits per heavy atom. The molecule has 0 spiro atoms. The van der Waals surface area contributed by atoms with Crippen LogP contribution in [0.4, 0.5) is 11.4 Å². The highest BCUT2D eigenvalue weighted by atomic mass is 35.5. The van der Waals surface area contributed by atoms with Gasteiger partial charge in [0, 0.05) is 16.4 Å². The number of carbonyl (C=O) groups is 1. The number of rotatable bonds is 7. The van der Waals surface area contributed by atoms with Crippen LogP contribution in [0.5, 0.6) is 5.75 Å². The summed E-state index contributed by atoms with van der Waals surface area (Å²) in [7, 11) is 0. The first-order chi connectivity index (χ1) is 14.7. The molecule has 0 saturated heterocycles. The summed E-state index contributed by atoms with van der Waals surface area (Å²) in [6.07, 6.45) is 3.04. The number of nitrogens with one attached hydrogen (secondary N) is 1. The Bertz CT molecular complexity index is 1000. The minimum absolute atomic E-state index is 0.0408. The minimum Gasteiger partial charge on any atom is -0.494 e. The standard InChI is InChI=1S/C25H25ClN2O2/c1-2-3-6-17-30-21-15-13-20(14-16-21)28-24(18-9-11-19(26)12-10-18)27-23-8-5-4-7-22(23)25(28)29/h4-5,7-16,24,27H,2-3,6,17H2,1H3/t24-/m0/s1. The third-order valence-corrected chi connectivity index (χ3v) is 5.50. The number of ether oxygens (including phenoxy) is 1. The van der Waals surface area contributed by atoms with Crippen molar-refractivity contribution in [2.75, 3.05) is 16.8 Å². The van der Waals surface area contributed by atoms with Crippen LogP contribution in [0.15, 0.2) is 72.8 Å². The van der Waals surface area contributed by atoms with Crippen LogP contribution < -0.4 is 15.0 Å². The quantitative estimate of drug-likeness (QED) is 0.433. The van der Waals surface area contributed by atoms with Gasteiger partial charge in [-0.25, -0.2) is 0 Å². The third kappa shape index (κ3) is 4.29. The molecule has 1 atom stereocenters. The average molecular weight is 421 g/mol. The Morgan fingerprint density at radius 3 is 2.43 bits per heavy atom. The predicted molar refractivity (Wildman–Crippen MR) is 123 cm³/mol. The lowest BCUT2D eigenvalue weighted by atomic mass is 10.0. The lowest BCUT2D eigenvalue weighted by Crippen LogP contribution is -2.43. The third-order valence-electron chi connectivity index (χ3n) is 5.24. The summed E-state index contributed by atoms with van der Waals surface area (Å²) in [6.45, 7) is 2.88. The van der Waals surface area contributed by atoms with Crippen LogP contribution in [0.1, 0.15) is 48.3 Å². The number of unbranched alkanes of at least 4 members (excludes halogenated alkanes) is 2. The second-order valence-electron chi connectivity index (χ2n) is 7.37. The van der Waals surface area contributed by atoms with Gasteiger partial charge in [-0.2, -0.15) is 0 Å². The molecule has 0 radical (unpaired) electrons. The normalized spacial score (nSPS) is 15.5. The highest BCUT2D eigenvalue weighted by molar-refractivity contribution is 6.30. The molecule has 0 saturated carbocycles. The summed E-state index contributed by atoms with van der Waals surface area (Å²) >= 11 is 6.08. The van der Waals surface area contributed by atoms with Crippen LogP contribution in [-0.4, -0.2) is 12.5 Å². The summed E-state index contributed by atoms with van der Waals surface area (Å²) in [5.74, 6) is 0.775. The van der Waals surface area contributed by atoms with Crippen molar-refractivity contribution < 1.29 is 9.53 Å². The summed E-state index contributed by atoms with van der Waals surface area (Å²) in [4.78, 5) is 15.2. The topological polar surface area (TPSA) is 41.6 Å². The number of amides is 1. The predicted octanol–water partition coefficient (Wildman–Crippen LogP) is 6.68. The number of hydrogen-bond donors (Lipinski definition) is 1.